The first kappa shape index (κ1) is 15.6. The molecule has 0 unspecified atom stereocenters. The number of aromatic nitrogens is 2. The van der Waals surface area contributed by atoms with Crippen LogP contribution in [0.5, 0.6) is 0 Å². The highest BCUT2D eigenvalue weighted by Crippen LogP contribution is 2.12. The molecule has 1 N–H and O–H groups in total. The normalized spacial score (nSPS) is 10.4. The third kappa shape index (κ3) is 5.27. The van der Waals surface area contributed by atoms with Gasteiger partial charge in [-0.15, -0.1) is 0 Å². The number of anilines is 2. The molecule has 0 aliphatic rings. The van der Waals surface area contributed by atoms with Gasteiger partial charge < -0.3 is 10.2 Å². The average molecular weight is 302 g/mol. The summed E-state index contributed by atoms with van der Waals surface area (Å²) in [5.41, 5.74) is 1.37. The van der Waals surface area contributed by atoms with Gasteiger partial charge in [-0.2, -0.15) is 16.7 Å². The standard InChI is InChI=1S/C16H22N4S/c1-3-20(2)15-9-10-17-16(19-15)18-11-12-21-13-14-7-5-4-6-8-14/h4-10H,3,11-13H2,1-2H3,(H,17,18,19). The minimum atomic E-state index is 0.702. The van der Waals surface area contributed by atoms with Gasteiger partial charge in [0.05, 0.1) is 0 Å². The van der Waals surface area contributed by atoms with E-state index in [1.165, 1.54) is 5.56 Å². The molecule has 0 saturated heterocycles. The lowest BCUT2D eigenvalue weighted by Gasteiger charge is -2.15. The van der Waals surface area contributed by atoms with E-state index in [4.69, 9.17) is 0 Å². The summed E-state index contributed by atoms with van der Waals surface area (Å²) >= 11 is 1.91. The maximum absolute atomic E-state index is 4.49. The predicted octanol–water partition coefficient (Wildman–Crippen LogP) is 3.28. The minimum Gasteiger partial charge on any atom is -0.360 e. The number of thioether (sulfide) groups is 1. The van der Waals surface area contributed by atoms with E-state index in [9.17, 15) is 0 Å². The molecule has 0 saturated carbocycles. The fourth-order valence-corrected chi connectivity index (χ4v) is 2.63. The van der Waals surface area contributed by atoms with Gasteiger partial charge in [-0.1, -0.05) is 30.3 Å². The van der Waals surface area contributed by atoms with E-state index in [0.29, 0.717) is 5.95 Å². The van der Waals surface area contributed by atoms with E-state index < -0.39 is 0 Å². The molecule has 112 valence electrons. The fourth-order valence-electron chi connectivity index (χ4n) is 1.81. The number of hydrogen-bond donors (Lipinski definition) is 1. The van der Waals surface area contributed by atoms with Gasteiger partial charge in [0.15, 0.2) is 0 Å². The lowest BCUT2D eigenvalue weighted by Crippen LogP contribution is -2.18. The van der Waals surface area contributed by atoms with Crippen molar-refractivity contribution in [2.75, 3.05) is 36.1 Å². The zero-order chi connectivity index (χ0) is 14.9. The van der Waals surface area contributed by atoms with Crippen molar-refractivity contribution in [3.8, 4) is 0 Å². The molecule has 1 aromatic carbocycles. The fraction of sp³-hybridized carbons (Fsp3) is 0.375. The molecule has 0 amide bonds. The SMILES string of the molecule is CCN(C)c1ccnc(NCCSCc2ccccc2)n1. The largest absolute Gasteiger partial charge is 0.360 e. The number of nitrogens with one attached hydrogen (secondary N) is 1. The molecule has 0 aliphatic carbocycles. The van der Waals surface area contributed by atoms with Gasteiger partial charge in [-0.25, -0.2) is 4.98 Å². The smallest absolute Gasteiger partial charge is 0.224 e. The van der Waals surface area contributed by atoms with Crippen molar-refractivity contribution in [3.05, 3.63) is 48.2 Å². The van der Waals surface area contributed by atoms with Crippen molar-refractivity contribution < 1.29 is 0 Å². The Kier molecular flexibility index (Phi) is 6.34. The highest BCUT2D eigenvalue weighted by molar-refractivity contribution is 7.98. The molecule has 21 heavy (non-hydrogen) atoms. The molecule has 1 aromatic heterocycles. The Bertz CT molecular complexity index is 533. The van der Waals surface area contributed by atoms with Crippen LogP contribution < -0.4 is 10.2 Å². The molecule has 0 radical (unpaired) electrons. The van der Waals surface area contributed by atoms with Crippen LogP contribution in [0.2, 0.25) is 0 Å². The molecular formula is C16H22N4S. The first-order valence-corrected chi connectivity index (χ1v) is 8.35. The summed E-state index contributed by atoms with van der Waals surface area (Å²) in [4.78, 5) is 10.8. The molecule has 4 nitrogen and oxygen atoms in total. The summed E-state index contributed by atoms with van der Waals surface area (Å²) in [6.45, 7) is 3.91. The lowest BCUT2D eigenvalue weighted by molar-refractivity contribution is 0.927. The summed E-state index contributed by atoms with van der Waals surface area (Å²) in [6.07, 6.45) is 1.80. The van der Waals surface area contributed by atoms with Crippen LogP contribution in [0, 0.1) is 0 Å². The molecular weight excluding hydrogens is 280 g/mol. The Balaban J connectivity index is 1.71. The van der Waals surface area contributed by atoms with Gasteiger partial charge in [-0.3, -0.25) is 0 Å². The Labute approximate surface area is 131 Å². The average Bonchev–Trinajstić information content (AvgIpc) is 2.55. The number of nitrogens with zero attached hydrogens (tertiary/aromatic N) is 3. The second-order valence-electron chi connectivity index (χ2n) is 4.72. The molecule has 2 rings (SSSR count). The zero-order valence-electron chi connectivity index (χ0n) is 12.6. The monoisotopic (exact) mass is 302 g/mol. The minimum absolute atomic E-state index is 0.702. The maximum Gasteiger partial charge on any atom is 0.224 e. The van der Waals surface area contributed by atoms with Gasteiger partial charge in [0.2, 0.25) is 5.95 Å². The van der Waals surface area contributed by atoms with Crippen LogP contribution in [0.3, 0.4) is 0 Å². The molecule has 0 fully saturated rings. The molecule has 0 atom stereocenters. The van der Waals surface area contributed by atoms with Crippen LogP contribution in [-0.4, -0.2) is 35.9 Å². The summed E-state index contributed by atoms with van der Waals surface area (Å²) in [5, 5.41) is 3.28. The van der Waals surface area contributed by atoms with Crippen LogP contribution >= 0.6 is 11.8 Å². The van der Waals surface area contributed by atoms with E-state index in [-0.39, 0.29) is 0 Å². The highest BCUT2D eigenvalue weighted by Gasteiger charge is 2.02. The van der Waals surface area contributed by atoms with Crippen LogP contribution in [0.4, 0.5) is 11.8 Å². The van der Waals surface area contributed by atoms with E-state index in [1.54, 1.807) is 6.20 Å². The topological polar surface area (TPSA) is 41.1 Å². The third-order valence-electron chi connectivity index (χ3n) is 3.15. The molecule has 1 heterocycles. The first-order chi connectivity index (χ1) is 10.3. The molecule has 0 spiro atoms. The number of benzene rings is 1. The van der Waals surface area contributed by atoms with Gasteiger partial charge in [0.25, 0.3) is 0 Å². The van der Waals surface area contributed by atoms with Crippen LogP contribution in [-0.2, 0) is 5.75 Å². The number of rotatable bonds is 8. The Morgan fingerprint density at radius 2 is 2.00 bits per heavy atom. The van der Waals surface area contributed by atoms with Gasteiger partial charge in [0.1, 0.15) is 5.82 Å². The van der Waals surface area contributed by atoms with Crippen molar-refractivity contribution in [2.45, 2.75) is 12.7 Å². The van der Waals surface area contributed by atoms with E-state index >= 15 is 0 Å². The van der Waals surface area contributed by atoms with Gasteiger partial charge >= 0.3 is 0 Å². The Hall–Kier alpha value is -1.75. The van der Waals surface area contributed by atoms with Gasteiger partial charge in [-0.05, 0) is 18.6 Å². The Morgan fingerprint density at radius 1 is 1.19 bits per heavy atom. The second-order valence-corrected chi connectivity index (χ2v) is 5.82. The second kappa shape index (κ2) is 8.52. The predicted molar refractivity (Wildman–Crippen MR) is 92.1 cm³/mol. The third-order valence-corrected chi connectivity index (χ3v) is 4.18. The maximum atomic E-state index is 4.49. The summed E-state index contributed by atoms with van der Waals surface area (Å²) < 4.78 is 0. The van der Waals surface area contributed by atoms with Crippen molar-refractivity contribution in [1.29, 1.82) is 0 Å². The lowest BCUT2D eigenvalue weighted by atomic mass is 10.2. The zero-order valence-corrected chi connectivity index (χ0v) is 13.4. The van der Waals surface area contributed by atoms with Crippen molar-refractivity contribution in [2.24, 2.45) is 0 Å². The van der Waals surface area contributed by atoms with Crippen molar-refractivity contribution in [1.82, 2.24) is 9.97 Å². The van der Waals surface area contributed by atoms with E-state index in [2.05, 4.69) is 51.4 Å². The van der Waals surface area contributed by atoms with Crippen LogP contribution in [0.25, 0.3) is 0 Å². The van der Waals surface area contributed by atoms with Crippen LogP contribution in [0.15, 0.2) is 42.6 Å². The molecule has 5 heteroatoms. The van der Waals surface area contributed by atoms with Crippen molar-refractivity contribution in [3.63, 3.8) is 0 Å². The summed E-state index contributed by atoms with van der Waals surface area (Å²) in [5.74, 6) is 3.73. The van der Waals surface area contributed by atoms with Crippen molar-refractivity contribution >= 4 is 23.5 Å². The summed E-state index contributed by atoms with van der Waals surface area (Å²) in [7, 11) is 2.03. The molecule has 0 bridgehead atoms. The Morgan fingerprint density at radius 3 is 2.76 bits per heavy atom. The van der Waals surface area contributed by atoms with E-state index in [1.807, 2.05) is 30.9 Å². The highest BCUT2D eigenvalue weighted by atomic mass is 32.2. The van der Waals surface area contributed by atoms with Crippen LogP contribution in [0.1, 0.15) is 12.5 Å². The summed E-state index contributed by atoms with van der Waals surface area (Å²) in [6, 6.07) is 12.5. The quantitative estimate of drug-likeness (QED) is 0.758. The van der Waals surface area contributed by atoms with E-state index in [0.717, 1.165) is 30.4 Å². The molecule has 2 aromatic rings. The molecule has 0 aliphatic heterocycles. The first-order valence-electron chi connectivity index (χ1n) is 7.19. The van der Waals surface area contributed by atoms with Gasteiger partial charge in [0, 0.05) is 37.8 Å². The number of hydrogen-bond acceptors (Lipinski definition) is 5.